The average molecular weight is 324 g/mol. The maximum absolute atomic E-state index is 11.6. The van der Waals surface area contributed by atoms with E-state index in [2.05, 4.69) is 4.98 Å². The zero-order valence-corrected chi connectivity index (χ0v) is 12.7. The van der Waals surface area contributed by atoms with E-state index >= 15 is 0 Å². The van der Waals surface area contributed by atoms with Gasteiger partial charge in [-0.2, -0.15) is 0 Å². The number of thioether (sulfide) groups is 1. The third-order valence-corrected chi connectivity index (χ3v) is 3.92. The predicted octanol–water partition coefficient (Wildman–Crippen LogP) is 3.58. The first-order chi connectivity index (χ1) is 10.1. The van der Waals surface area contributed by atoms with Crippen LogP contribution in [0.5, 0.6) is 0 Å². The monoisotopic (exact) mass is 323 g/mol. The summed E-state index contributed by atoms with van der Waals surface area (Å²) in [5.74, 6) is -0.0213. The largest absolute Gasteiger partial charge is 0.457 e. The van der Waals surface area contributed by atoms with Crippen molar-refractivity contribution in [1.82, 2.24) is 4.98 Å². The Labute approximate surface area is 131 Å². The van der Waals surface area contributed by atoms with Gasteiger partial charge in [-0.3, -0.25) is 9.59 Å². The minimum Gasteiger partial charge on any atom is -0.457 e. The summed E-state index contributed by atoms with van der Waals surface area (Å²) in [6.45, 7) is -0.231. The molecular weight excluding hydrogens is 310 g/mol. The van der Waals surface area contributed by atoms with E-state index in [4.69, 9.17) is 16.3 Å². The molecule has 1 N–H and O–H groups in total. The molecule has 0 aliphatic heterocycles. The highest BCUT2D eigenvalue weighted by atomic mass is 35.5. The van der Waals surface area contributed by atoms with Crippen molar-refractivity contribution in [1.29, 1.82) is 0 Å². The number of rotatable bonds is 7. The Hall–Kier alpha value is -1.72. The number of H-pyrrole nitrogens is 1. The van der Waals surface area contributed by atoms with Crippen molar-refractivity contribution in [3.05, 3.63) is 53.3 Å². The second-order valence-corrected chi connectivity index (χ2v) is 5.82. The molecule has 0 fully saturated rings. The van der Waals surface area contributed by atoms with Gasteiger partial charge in [0.2, 0.25) is 5.78 Å². The lowest BCUT2D eigenvalue weighted by atomic mass is 10.3. The molecule has 0 saturated carbocycles. The lowest BCUT2D eigenvalue weighted by molar-refractivity contribution is -0.141. The van der Waals surface area contributed by atoms with E-state index in [1.54, 1.807) is 30.5 Å². The van der Waals surface area contributed by atoms with Gasteiger partial charge in [0.25, 0.3) is 0 Å². The second kappa shape index (κ2) is 7.90. The third kappa shape index (κ3) is 5.28. The molecule has 1 aromatic heterocycles. The van der Waals surface area contributed by atoms with Crippen LogP contribution in [0.25, 0.3) is 0 Å². The first kappa shape index (κ1) is 15.7. The van der Waals surface area contributed by atoms with Gasteiger partial charge in [-0.15, -0.1) is 11.8 Å². The number of halogens is 1. The number of benzene rings is 1. The van der Waals surface area contributed by atoms with Gasteiger partial charge in [-0.25, -0.2) is 0 Å². The topological polar surface area (TPSA) is 59.2 Å². The second-order valence-electron chi connectivity index (χ2n) is 4.22. The molecular formula is C15H14ClNO3S. The summed E-state index contributed by atoms with van der Waals surface area (Å²) in [7, 11) is 0. The minimum absolute atomic E-state index is 0.231. The van der Waals surface area contributed by atoms with Crippen molar-refractivity contribution in [3.8, 4) is 0 Å². The van der Waals surface area contributed by atoms with Gasteiger partial charge in [0, 0.05) is 21.9 Å². The molecule has 6 heteroatoms. The summed E-state index contributed by atoms with van der Waals surface area (Å²) in [5, 5.41) is 0.682. The predicted molar refractivity (Wildman–Crippen MR) is 82.9 cm³/mol. The molecule has 1 aromatic carbocycles. The first-order valence-corrected chi connectivity index (χ1v) is 7.72. The number of ketones is 1. The maximum Gasteiger partial charge on any atom is 0.307 e. The van der Waals surface area contributed by atoms with Crippen molar-refractivity contribution in [3.63, 3.8) is 0 Å². The van der Waals surface area contributed by atoms with Crippen LogP contribution in [0.1, 0.15) is 16.9 Å². The number of nitrogens with one attached hydrogen (secondary N) is 1. The standard InChI is InChI=1S/C15H14ClNO3S/c16-11-3-5-12(6-4-11)21-9-7-15(19)20-10-14(18)13-2-1-8-17-13/h1-6,8,17H,7,9-10H2. The smallest absolute Gasteiger partial charge is 0.307 e. The Morgan fingerprint density at radius 2 is 1.95 bits per heavy atom. The molecule has 0 aliphatic carbocycles. The zero-order valence-electron chi connectivity index (χ0n) is 11.2. The number of carbonyl (C=O) groups is 2. The number of aromatic amines is 1. The Bertz CT molecular complexity index is 596. The van der Waals surface area contributed by atoms with Crippen LogP contribution in [0.3, 0.4) is 0 Å². The van der Waals surface area contributed by atoms with Crippen LogP contribution >= 0.6 is 23.4 Å². The SMILES string of the molecule is O=C(CCSc1ccc(Cl)cc1)OCC(=O)c1ccc[nH]1. The van der Waals surface area contributed by atoms with Crippen LogP contribution < -0.4 is 0 Å². The summed E-state index contributed by atoms with van der Waals surface area (Å²) in [6.07, 6.45) is 1.91. The summed E-state index contributed by atoms with van der Waals surface area (Å²) in [4.78, 5) is 27.0. The summed E-state index contributed by atoms with van der Waals surface area (Å²) in [6, 6.07) is 10.8. The first-order valence-electron chi connectivity index (χ1n) is 6.36. The van der Waals surface area contributed by atoms with E-state index in [0.29, 0.717) is 16.5 Å². The quantitative estimate of drug-likeness (QED) is 0.480. The van der Waals surface area contributed by atoms with Crippen molar-refractivity contribution in [2.45, 2.75) is 11.3 Å². The van der Waals surface area contributed by atoms with Gasteiger partial charge in [-0.05, 0) is 36.4 Å². The van der Waals surface area contributed by atoms with Crippen LogP contribution in [0.2, 0.25) is 5.02 Å². The van der Waals surface area contributed by atoms with Crippen LogP contribution in [-0.4, -0.2) is 29.1 Å². The van der Waals surface area contributed by atoms with Gasteiger partial charge in [-0.1, -0.05) is 11.6 Å². The lowest BCUT2D eigenvalue weighted by Crippen LogP contribution is -2.14. The zero-order chi connectivity index (χ0) is 15.1. The molecule has 21 heavy (non-hydrogen) atoms. The normalized spacial score (nSPS) is 10.3. The van der Waals surface area contributed by atoms with Crippen LogP contribution in [0.4, 0.5) is 0 Å². The Kier molecular flexibility index (Phi) is 5.90. The average Bonchev–Trinajstić information content (AvgIpc) is 3.01. The Balaban J connectivity index is 1.66. The Morgan fingerprint density at radius 3 is 2.62 bits per heavy atom. The van der Waals surface area contributed by atoms with E-state index < -0.39 is 0 Å². The fraction of sp³-hybridized carbons (Fsp3) is 0.200. The van der Waals surface area contributed by atoms with Crippen LogP contribution in [0.15, 0.2) is 47.5 Å². The molecule has 0 radical (unpaired) electrons. The molecule has 0 bridgehead atoms. The van der Waals surface area contributed by atoms with E-state index in [0.717, 1.165) is 4.90 Å². The van der Waals surface area contributed by atoms with Gasteiger partial charge < -0.3 is 9.72 Å². The van der Waals surface area contributed by atoms with Crippen molar-refractivity contribution in [2.24, 2.45) is 0 Å². The summed E-state index contributed by atoms with van der Waals surface area (Å²) < 4.78 is 4.94. The summed E-state index contributed by atoms with van der Waals surface area (Å²) in [5.41, 5.74) is 0.443. The number of ether oxygens (including phenoxy) is 1. The van der Waals surface area contributed by atoms with E-state index in [9.17, 15) is 9.59 Å². The number of aromatic nitrogens is 1. The van der Waals surface area contributed by atoms with Crippen molar-refractivity contribution < 1.29 is 14.3 Å². The molecule has 4 nitrogen and oxygen atoms in total. The van der Waals surface area contributed by atoms with Crippen molar-refractivity contribution >= 4 is 35.1 Å². The molecule has 0 unspecified atom stereocenters. The molecule has 0 amide bonds. The highest BCUT2D eigenvalue weighted by Gasteiger charge is 2.10. The molecule has 1 heterocycles. The highest BCUT2D eigenvalue weighted by molar-refractivity contribution is 7.99. The Morgan fingerprint density at radius 1 is 1.19 bits per heavy atom. The molecule has 2 aromatic rings. The molecule has 0 saturated heterocycles. The summed E-state index contributed by atoms with van der Waals surface area (Å²) >= 11 is 7.33. The van der Waals surface area contributed by atoms with Gasteiger partial charge in [0.05, 0.1) is 12.1 Å². The van der Waals surface area contributed by atoms with Gasteiger partial charge in [0.1, 0.15) is 0 Å². The lowest BCUT2D eigenvalue weighted by Gasteiger charge is -2.04. The molecule has 2 rings (SSSR count). The number of Topliss-reactive ketones (excluding diaryl/α,β-unsaturated/α-hetero) is 1. The fourth-order valence-electron chi connectivity index (χ4n) is 1.58. The molecule has 0 aliphatic rings. The molecule has 0 atom stereocenters. The van der Waals surface area contributed by atoms with Gasteiger partial charge in [0.15, 0.2) is 6.61 Å². The van der Waals surface area contributed by atoms with E-state index in [1.165, 1.54) is 11.8 Å². The van der Waals surface area contributed by atoms with Gasteiger partial charge >= 0.3 is 5.97 Å². The number of hydrogen-bond donors (Lipinski definition) is 1. The molecule has 110 valence electrons. The van der Waals surface area contributed by atoms with E-state index in [1.807, 2.05) is 12.1 Å². The fourth-order valence-corrected chi connectivity index (χ4v) is 2.54. The van der Waals surface area contributed by atoms with Crippen LogP contribution in [0, 0.1) is 0 Å². The number of hydrogen-bond acceptors (Lipinski definition) is 4. The highest BCUT2D eigenvalue weighted by Crippen LogP contribution is 2.20. The maximum atomic E-state index is 11.6. The number of esters is 1. The molecule has 0 spiro atoms. The van der Waals surface area contributed by atoms with Crippen molar-refractivity contribution in [2.75, 3.05) is 12.4 Å². The van der Waals surface area contributed by atoms with Crippen LogP contribution in [-0.2, 0) is 9.53 Å². The third-order valence-electron chi connectivity index (χ3n) is 2.65. The number of carbonyl (C=O) groups excluding carboxylic acids is 2. The van der Waals surface area contributed by atoms with E-state index in [-0.39, 0.29) is 24.8 Å². The minimum atomic E-state index is -0.378.